The molecule has 10 nitrogen and oxygen atoms in total. The fourth-order valence-electron chi connectivity index (χ4n) is 4.19. The molecule has 1 amide bonds. The van der Waals surface area contributed by atoms with Crippen molar-refractivity contribution < 1.29 is 13.9 Å². The molecule has 1 aliphatic rings. The van der Waals surface area contributed by atoms with E-state index in [1.54, 1.807) is 42.2 Å². The molecular weight excluding hydrogens is 475 g/mol. The first-order chi connectivity index (χ1) is 17.8. The Morgan fingerprint density at radius 1 is 1.22 bits per heavy atom. The summed E-state index contributed by atoms with van der Waals surface area (Å²) in [7, 11) is 5.60. The van der Waals surface area contributed by atoms with Crippen molar-refractivity contribution in [2.24, 2.45) is 0 Å². The number of pyridine rings is 1. The molecule has 0 atom stereocenters. The largest absolute Gasteiger partial charge is 0.494 e. The van der Waals surface area contributed by atoms with Crippen LogP contribution in [-0.4, -0.2) is 70.7 Å². The number of hydrogen-bond donors (Lipinski definition) is 2. The summed E-state index contributed by atoms with van der Waals surface area (Å²) in [4.78, 5) is 25.4. The lowest BCUT2D eigenvalue weighted by atomic mass is 10.0. The standard InChI is InChI=1S/C26H27FN8O2/c1-16(27)25(36)30-20-11-21(24(37-4)12-23(20)34-14-17(15-34)33(2)3)32-26-28-9-8-19(31-26)18-13-29-35-10-6-5-7-22(18)35/h5-13,17H,1,14-15H2,2-4H3,(H,30,36)(H,28,31,32). The third-order valence-electron chi connectivity index (χ3n) is 6.35. The number of nitrogens with zero attached hydrogens (tertiary/aromatic N) is 6. The van der Waals surface area contributed by atoms with Crippen LogP contribution in [0, 0.1) is 0 Å². The Labute approximate surface area is 213 Å². The normalized spacial score (nSPS) is 13.5. The van der Waals surface area contributed by atoms with Crippen LogP contribution in [0.1, 0.15) is 0 Å². The molecule has 11 heteroatoms. The second kappa shape index (κ2) is 9.86. The number of benzene rings is 1. The van der Waals surface area contributed by atoms with Crippen molar-refractivity contribution >= 4 is 34.4 Å². The van der Waals surface area contributed by atoms with E-state index in [0.29, 0.717) is 34.8 Å². The molecule has 5 rings (SSSR count). The highest BCUT2D eigenvalue weighted by Gasteiger charge is 2.31. The van der Waals surface area contributed by atoms with Crippen LogP contribution in [0.5, 0.6) is 5.75 Å². The molecular formula is C26H27FN8O2. The van der Waals surface area contributed by atoms with Crippen LogP contribution in [0.2, 0.25) is 0 Å². The maximum atomic E-state index is 13.6. The number of carbonyl (C=O) groups excluding carboxylic acids is 1. The molecule has 1 aromatic carbocycles. The Kier molecular flexibility index (Phi) is 6.45. The highest BCUT2D eigenvalue weighted by Crippen LogP contribution is 2.40. The minimum absolute atomic E-state index is 0.322. The Balaban J connectivity index is 1.48. The van der Waals surface area contributed by atoms with Gasteiger partial charge in [0.05, 0.1) is 41.6 Å². The highest BCUT2D eigenvalue weighted by atomic mass is 19.1. The molecule has 0 saturated carbocycles. The Hall–Kier alpha value is -4.51. The molecule has 190 valence electrons. The number of fused-ring (bicyclic) bond motifs is 1. The number of carbonyl (C=O) groups is 1. The van der Waals surface area contributed by atoms with Gasteiger partial charge in [0.1, 0.15) is 5.75 Å². The molecule has 4 heterocycles. The fraction of sp³-hybridized carbons (Fsp3) is 0.231. The summed E-state index contributed by atoms with van der Waals surface area (Å²) in [6.07, 6.45) is 5.27. The summed E-state index contributed by atoms with van der Waals surface area (Å²) >= 11 is 0. The molecule has 0 spiro atoms. The molecule has 2 N–H and O–H groups in total. The number of hydrogen-bond acceptors (Lipinski definition) is 8. The smallest absolute Gasteiger partial charge is 0.283 e. The van der Waals surface area contributed by atoms with E-state index < -0.39 is 11.7 Å². The molecule has 1 saturated heterocycles. The molecule has 1 fully saturated rings. The first kappa shape index (κ1) is 24.2. The maximum absolute atomic E-state index is 13.6. The van der Waals surface area contributed by atoms with Gasteiger partial charge in [0.15, 0.2) is 5.83 Å². The van der Waals surface area contributed by atoms with E-state index in [4.69, 9.17) is 4.74 Å². The second-order valence-electron chi connectivity index (χ2n) is 8.93. The molecule has 0 bridgehead atoms. The first-order valence-corrected chi connectivity index (χ1v) is 11.7. The van der Waals surface area contributed by atoms with Crippen LogP contribution in [0.25, 0.3) is 16.8 Å². The third-order valence-corrected chi connectivity index (χ3v) is 6.35. The summed E-state index contributed by atoms with van der Waals surface area (Å²) in [6.45, 7) is 4.62. The van der Waals surface area contributed by atoms with Crippen LogP contribution in [0.4, 0.5) is 27.4 Å². The monoisotopic (exact) mass is 502 g/mol. The van der Waals surface area contributed by atoms with Crippen LogP contribution in [0.3, 0.4) is 0 Å². The predicted octanol–water partition coefficient (Wildman–Crippen LogP) is 3.72. The molecule has 0 unspecified atom stereocenters. The zero-order valence-corrected chi connectivity index (χ0v) is 20.8. The quantitative estimate of drug-likeness (QED) is 0.352. The van der Waals surface area contributed by atoms with Gasteiger partial charge >= 0.3 is 0 Å². The van der Waals surface area contributed by atoms with Gasteiger partial charge in [0, 0.05) is 43.2 Å². The van der Waals surface area contributed by atoms with Gasteiger partial charge in [-0.25, -0.2) is 18.9 Å². The lowest BCUT2D eigenvalue weighted by Crippen LogP contribution is -2.57. The average Bonchev–Trinajstić information content (AvgIpc) is 3.28. The lowest BCUT2D eigenvalue weighted by Gasteiger charge is -2.45. The summed E-state index contributed by atoms with van der Waals surface area (Å²) < 4.78 is 21.0. The topological polar surface area (TPSA) is 99.9 Å². The number of ether oxygens (including phenoxy) is 1. The number of nitrogens with one attached hydrogen (secondary N) is 2. The minimum Gasteiger partial charge on any atom is -0.494 e. The van der Waals surface area contributed by atoms with Crippen LogP contribution < -0.4 is 20.3 Å². The van der Waals surface area contributed by atoms with Gasteiger partial charge < -0.3 is 25.2 Å². The molecule has 0 radical (unpaired) electrons. The van der Waals surface area contributed by atoms with Crippen molar-refractivity contribution in [3.63, 3.8) is 0 Å². The summed E-state index contributed by atoms with van der Waals surface area (Å²) in [5, 5.41) is 10.2. The van der Waals surface area contributed by atoms with Crippen LogP contribution >= 0.6 is 0 Å². The van der Waals surface area contributed by atoms with Gasteiger partial charge in [0.25, 0.3) is 5.91 Å². The Morgan fingerprint density at radius 2 is 2.03 bits per heavy atom. The van der Waals surface area contributed by atoms with E-state index in [-0.39, 0.29) is 0 Å². The molecule has 4 aromatic rings. The number of amides is 1. The number of aromatic nitrogens is 4. The molecule has 3 aromatic heterocycles. The van der Waals surface area contributed by atoms with Gasteiger partial charge in [-0.1, -0.05) is 12.6 Å². The molecule has 37 heavy (non-hydrogen) atoms. The van der Waals surface area contributed by atoms with Gasteiger partial charge in [0.2, 0.25) is 5.95 Å². The minimum atomic E-state index is -1.07. The van der Waals surface area contributed by atoms with Gasteiger partial charge in [-0.05, 0) is 38.4 Å². The lowest BCUT2D eigenvalue weighted by molar-refractivity contribution is -0.114. The Bertz CT molecular complexity index is 1480. The number of rotatable bonds is 8. The summed E-state index contributed by atoms with van der Waals surface area (Å²) in [5.74, 6) is -1.14. The number of halogens is 1. The van der Waals surface area contributed by atoms with E-state index in [0.717, 1.165) is 29.9 Å². The zero-order chi connectivity index (χ0) is 26.1. The van der Waals surface area contributed by atoms with Crippen molar-refractivity contribution in [3.05, 3.63) is 67.4 Å². The van der Waals surface area contributed by atoms with Crippen LogP contribution in [0.15, 0.2) is 67.4 Å². The molecule has 1 aliphatic heterocycles. The molecule has 0 aliphatic carbocycles. The average molecular weight is 503 g/mol. The summed E-state index contributed by atoms with van der Waals surface area (Å²) in [5.41, 5.74) is 4.10. The van der Waals surface area contributed by atoms with E-state index in [1.807, 2.05) is 38.5 Å². The van der Waals surface area contributed by atoms with Gasteiger partial charge in [-0.3, -0.25) is 4.79 Å². The second-order valence-corrected chi connectivity index (χ2v) is 8.93. The third kappa shape index (κ3) is 4.81. The van der Waals surface area contributed by atoms with Gasteiger partial charge in [-0.15, -0.1) is 0 Å². The van der Waals surface area contributed by atoms with Crippen molar-refractivity contribution in [3.8, 4) is 17.0 Å². The van der Waals surface area contributed by atoms with E-state index in [9.17, 15) is 9.18 Å². The van der Waals surface area contributed by atoms with E-state index in [2.05, 4.69) is 42.1 Å². The fourth-order valence-corrected chi connectivity index (χ4v) is 4.19. The van der Waals surface area contributed by atoms with Crippen molar-refractivity contribution in [1.29, 1.82) is 0 Å². The zero-order valence-electron chi connectivity index (χ0n) is 20.8. The SMILES string of the molecule is C=C(F)C(=O)Nc1cc(Nc2nccc(-c3cnn4ccccc34)n2)c(OC)cc1N1CC(N(C)C)C1. The predicted molar refractivity (Wildman–Crippen MR) is 141 cm³/mol. The van der Waals surface area contributed by atoms with E-state index >= 15 is 0 Å². The van der Waals surface area contributed by atoms with E-state index in [1.165, 1.54) is 0 Å². The van der Waals surface area contributed by atoms with Crippen molar-refractivity contribution in [2.45, 2.75) is 6.04 Å². The van der Waals surface area contributed by atoms with Crippen molar-refractivity contribution in [2.75, 3.05) is 49.8 Å². The van der Waals surface area contributed by atoms with Gasteiger partial charge in [-0.2, -0.15) is 5.10 Å². The maximum Gasteiger partial charge on any atom is 0.283 e. The highest BCUT2D eigenvalue weighted by molar-refractivity contribution is 6.04. The number of methoxy groups -OCH3 is 1. The van der Waals surface area contributed by atoms with Crippen LogP contribution in [-0.2, 0) is 4.79 Å². The van der Waals surface area contributed by atoms with Crippen molar-refractivity contribution in [1.82, 2.24) is 24.5 Å². The number of anilines is 4. The Morgan fingerprint density at radius 3 is 2.76 bits per heavy atom. The first-order valence-electron chi connectivity index (χ1n) is 11.7. The summed E-state index contributed by atoms with van der Waals surface area (Å²) in [6, 6.07) is 11.5. The number of likely N-dealkylation sites (N-methyl/N-ethyl adjacent to an activating group) is 1.